The minimum Gasteiger partial charge on any atom is -0.380 e. The average Bonchev–Trinajstić information content (AvgIpc) is 2.72. The van der Waals surface area contributed by atoms with E-state index in [0.29, 0.717) is 24.9 Å². The Morgan fingerprint density at radius 2 is 1.90 bits per heavy atom. The monoisotopic (exact) mass is 412 g/mol. The Kier molecular flexibility index (Phi) is 9.78. The number of hydrogen-bond donors (Lipinski definition) is 3. The summed E-state index contributed by atoms with van der Waals surface area (Å²) in [7, 11) is 0. The number of nitrogens with one attached hydrogen (secondary N) is 3. The SMILES string of the molecule is CC(=S)NCCCC[C@H](NC(=O)CCc1ccccc1)C(=O)Nc1cccnc1. The molecule has 1 atom stereocenters. The number of carbonyl (C=O) groups is 2. The third-order valence-electron chi connectivity index (χ3n) is 4.36. The van der Waals surface area contributed by atoms with E-state index >= 15 is 0 Å². The molecule has 1 aromatic carbocycles. The Balaban J connectivity index is 1.88. The molecule has 0 saturated carbocycles. The van der Waals surface area contributed by atoms with Gasteiger partial charge < -0.3 is 16.0 Å². The van der Waals surface area contributed by atoms with Crippen LogP contribution in [0.1, 0.15) is 38.2 Å². The highest BCUT2D eigenvalue weighted by Crippen LogP contribution is 2.09. The fourth-order valence-electron chi connectivity index (χ4n) is 2.84. The minimum atomic E-state index is -0.591. The zero-order chi connectivity index (χ0) is 20.9. The standard InChI is InChI=1S/C22H28N4O2S/c1-17(29)24-15-6-5-11-20(22(28)25-19-10-7-14-23-16-19)26-21(27)13-12-18-8-3-2-4-9-18/h2-4,7-10,14,16,20H,5-6,11-13,15H2,1H3,(H,24,29)(H,25,28)(H,26,27)/t20-/m0/s1. The maximum atomic E-state index is 12.7. The van der Waals surface area contributed by atoms with Crippen molar-refractivity contribution in [3.63, 3.8) is 0 Å². The Labute approximate surface area is 177 Å². The van der Waals surface area contributed by atoms with E-state index in [0.717, 1.165) is 29.9 Å². The van der Waals surface area contributed by atoms with Crippen LogP contribution in [-0.2, 0) is 16.0 Å². The molecule has 0 aliphatic heterocycles. The third-order valence-corrected chi connectivity index (χ3v) is 4.50. The lowest BCUT2D eigenvalue weighted by Crippen LogP contribution is -2.44. The van der Waals surface area contributed by atoms with Crippen LogP contribution in [0.15, 0.2) is 54.9 Å². The summed E-state index contributed by atoms with van der Waals surface area (Å²) in [5, 5.41) is 8.82. The van der Waals surface area contributed by atoms with E-state index in [-0.39, 0.29) is 11.8 Å². The highest BCUT2D eigenvalue weighted by molar-refractivity contribution is 7.80. The zero-order valence-electron chi connectivity index (χ0n) is 16.7. The lowest BCUT2D eigenvalue weighted by atomic mass is 10.1. The number of benzene rings is 1. The molecular formula is C22H28N4O2S. The van der Waals surface area contributed by atoms with Crippen molar-refractivity contribution in [1.29, 1.82) is 0 Å². The highest BCUT2D eigenvalue weighted by Gasteiger charge is 2.20. The molecule has 0 saturated heterocycles. The summed E-state index contributed by atoms with van der Waals surface area (Å²) < 4.78 is 0. The molecule has 0 bridgehead atoms. The fraction of sp³-hybridized carbons (Fsp3) is 0.364. The quantitative estimate of drug-likeness (QED) is 0.390. The van der Waals surface area contributed by atoms with Gasteiger partial charge in [-0.05, 0) is 50.3 Å². The van der Waals surface area contributed by atoms with Crippen LogP contribution in [0.2, 0.25) is 0 Å². The number of anilines is 1. The number of nitrogens with zero attached hydrogens (tertiary/aromatic N) is 1. The highest BCUT2D eigenvalue weighted by atomic mass is 32.1. The lowest BCUT2D eigenvalue weighted by Gasteiger charge is -2.18. The topological polar surface area (TPSA) is 83.1 Å². The number of hydrogen-bond acceptors (Lipinski definition) is 4. The molecule has 2 aromatic rings. The normalized spacial score (nSPS) is 11.3. The van der Waals surface area contributed by atoms with Gasteiger partial charge in [-0.25, -0.2) is 0 Å². The van der Waals surface area contributed by atoms with E-state index in [4.69, 9.17) is 12.2 Å². The molecule has 0 fully saturated rings. The number of rotatable bonds is 11. The van der Waals surface area contributed by atoms with E-state index in [1.807, 2.05) is 37.3 Å². The van der Waals surface area contributed by atoms with Crippen LogP contribution in [-0.4, -0.2) is 34.4 Å². The van der Waals surface area contributed by atoms with Gasteiger partial charge in [-0.2, -0.15) is 0 Å². The van der Waals surface area contributed by atoms with Gasteiger partial charge in [0.25, 0.3) is 0 Å². The van der Waals surface area contributed by atoms with Crippen molar-refractivity contribution in [2.24, 2.45) is 0 Å². The molecule has 0 spiro atoms. The van der Waals surface area contributed by atoms with Crippen LogP contribution in [0.5, 0.6) is 0 Å². The summed E-state index contributed by atoms with van der Waals surface area (Å²) >= 11 is 5.00. The first kappa shape index (κ1) is 22.5. The van der Waals surface area contributed by atoms with E-state index in [1.165, 1.54) is 0 Å². The number of aryl methyl sites for hydroxylation is 1. The number of amides is 2. The first-order valence-corrected chi connectivity index (χ1v) is 10.2. The number of thiocarbonyl (C=S) groups is 1. The van der Waals surface area contributed by atoms with Crippen LogP contribution >= 0.6 is 12.2 Å². The van der Waals surface area contributed by atoms with Crippen LogP contribution < -0.4 is 16.0 Å². The number of carbonyl (C=O) groups excluding carboxylic acids is 2. The number of pyridine rings is 1. The molecule has 3 N–H and O–H groups in total. The van der Waals surface area contributed by atoms with Crippen molar-refractivity contribution in [1.82, 2.24) is 15.6 Å². The molecule has 0 radical (unpaired) electrons. The van der Waals surface area contributed by atoms with Gasteiger partial charge in [0, 0.05) is 19.2 Å². The molecule has 29 heavy (non-hydrogen) atoms. The summed E-state index contributed by atoms with van der Waals surface area (Å²) in [6.07, 6.45) is 6.42. The van der Waals surface area contributed by atoms with Gasteiger partial charge in [0.05, 0.1) is 16.9 Å². The molecule has 1 aromatic heterocycles. The number of aromatic nitrogens is 1. The first-order chi connectivity index (χ1) is 14.0. The third kappa shape index (κ3) is 9.30. The van der Waals surface area contributed by atoms with Crippen molar-refractivity contribution in [3.8, 4) is 0 Å². The second-order valence-electron chi connectivity index (χ2n) is 6.82. The van der Waals surface area contributed by atoms with Gasteiger partial charge in [0.1, 0.15) is 6.04 Å². The van der Waals surface area contributed by atoms with Crippen LogP contribution in [0.3, 0.4) is 0 Å². The molecule has 154 valence electrons. The molecule has 0 aliphatic rings. The van der Waals surface area contributed by atoms with E-state index in [9.17, 15) is 9.59 Å². The average molecular weight is 413 g/mol. The van der Waals surface area contributed by atoms with Gasteiger partial charge in [0.15, 0.2) is 0 Å². The molecule has 0 unspecified atom stereocenters. The van der Waals surface area contributed by atoms with Crippen molar-refractivity contribution in [2.75, 3.05) is 11.9 Å². The summed E-state index contributed by atoms with van der Waals surface area (Å²) in [5.41, 5.74) is 1.71. The van der Waals surface area contributed by atoms with E-state index < -0.39 is 6.04 Å². The predicted octanol–water partition coefficient (Wildman–Crippen LogP) is 3.24. The van der Waals surface area contributed by atoms with Crippen LogP contribution in [0, 0.1) is 0 Å². The minimum absolute atomic E-state index is 0.131. The fourth-order valence-corrected chi connectivity index (χ4v) is 2.94. The molecule has 7 heteroatoms. The largest absolute Gasteiger partial charge is 0.380 e. The van der Waals surface area contributed by atoms with Gasteiger partial charge in [-0.1, -0.05) is 42.5 Å². The second-order valence-corrected chi connectivity index (χ2v) is 7.43. The summed E-state index contributed by atoms with van der Waals surface area (Å²) in [4.78, 5) is 29.9. The molecule has 6 nitrogen and oxygen atoms in total. The maximum absolute atomic E-state index is 12.7. The molecular weight excluding hydrogens is 384 g/mol. The summed E-state index contributed by atoms with van der Waals surface area (Å²) in [6.45, 7) is 2.60. The Bertz CT molecular complexity index is 784. The number of unbranched alkanes of at least 4 members (excludes halogenated alkanes) is 1. The Morgan fingerprint density at radius 3 is 2.59 bits per heavy atom. The van der Waals surface area contributed by atoms with E-state index in [2.05, 4.69) is 20.9 Å². The Hall–Kier alpha value is -2.80. The van der Waals surface area contributed by atoms with Gasteiger partial charge in [0.2, 0.25) is 11.8 Å². The molecule has 0 aliphatic carbocycles. The summed E-state index contributed by atoms with van der Waals surface area (Å²) in [5.74, 6) is -0.363. The maximum Gasteiger partial charge on any atom is 0.246 e. The van der Waals surface area contributed by atoms with Gasteiger partial charge in [-0.3, -0.25) is 14.6 Å². The first-order valence-electron chi connectivity index (χ1n) is 9.83. The van der Waals surface area contributed by atoms with Crippen molar-refractivity contribution in [2.45, 2.75) is 45.1 Å². The smallest absolute Gasteiger partial charge is 0.246 e. The van der Waals surface area contributed by atoms with Gasteiger partial charge in [-0.15, -0.1) is 0 Å². The van der Waals surface area contributed by atoms with Gasteiger partial charge >= 0.3 is 0 Å². The lowest BCUT2D eigenvalue weighted by molar-refractivity contribution is -0.126. The van der Waals surface area contributed by atoms with Crippen molar-refractivity contribution >= 4 is 34.7 Å². The van der Waals surface area contributed by atoms with Crippen LogP contribution in [0.25, 0.3) is 0 Å². The van der Waals surface area contributed by atoms with Crippen molar-refractivity contribution < 1.29 is 9.59 Å². The van der Waals surface area contributed by atoms with E-state index in [1.54, 1.807) is 24.5 Å². The zero-order valence-corrected chi connectivity index (χ0v) is 17.5. The molecule has 2 amide bonds. The second kappa shape index (κ2) is 12.6. The predicted molar refractivity (Wildman–Crippen MR) is 120 cm³/mol. The van der Waals surface area contributed by atoms with Crippen molar-refractivity contribution in [3.05, 3.63) is 60.4 Å². The van der Waals surface area contributed by atoms with Crippen LogP contribution in [0.4, 0.5) is 5.69 Å². The summed E-state index contributed by atoms with van der Waals surface area (Å²) in [6, 6.07) is 12.8. The Morgan fingerprint density at radius 1 is 1.10 bits per heavy atom. The molecule has 1 heterocycles. The molecule has 2 rings (SSSR count).